The van der Waals surface area contributed by atoms with E-state index in [1.54, 1.807) is 54.6 Å². The van der Waals surface area contributed by atoms with Gasteiger partial charge >= 0.3 is 17.9 Å². The Labute approximate surface area is 260 Å². The summed E-state index contributed by atoms with van der Waals surface area (Å²) in [5, 5.41) is 0. The minimum absolute atomic E-state index is 0.152. The third kappa shape index (κ3) is 10.2. The highest BCUT2D eigenvalue weighted by atomic mass is 16.5. The van der Waals surface area contributed by atoms with Crippen molar-refractivity contribution in [3.63, 3.8) is 0 Å². The molecule has 0 unspecified atom stereocenters. The number of carbonyl (C=O) groups excluding carboxylic acids is 3. The van der Waals surface area contributed by atoms with Gasteiger partial charge in [0.05, 0.1) is 23.2 Å². The van der Waals surface area contributed by atoms with Gasteiger partial charge in [-0.15, -0.1) is 0 Å². The van der Waals surface area contributed by atoms with E-state index in [9.17, 15) is 14.4 Å². The molecule has 44 heavy (non-hydrogen) atoms. The number of nitrogens with zero attached hydrogens (tertiary/aromatic N) is 1. The van der Waals surface area contributed by atoms with E-state index in [1.165, 1.54) is 0 Å². The molecule has 0 saturated carbocycles. The van der Waals surface area contributed by atoms with Crippen LogP contribution in [0.3, 0.4) is 0 Å². The van der Waals surface area contributed by atoms with Crippen LogP contribution in [0.2, 0.25) is 0 Å². The lowest BCUT2D eigenvalue weighted by Crippen LogP contribution is -2.54. The van der Waals surface area contributed by atoms with Crippen molar-refractivity contribution in [1.82, 2.24) is 0 Å². The first-order valence-electron chi connectivity index (χ1n) is 14.9. The van der Waals surface area contributed by atoms with Crippen LogP contribution in [0, 0.1) is 0 Å². The molecular formula is C37H42NO6+. The van der Waals surface area contributed by atoms with Gasteiger partial charge < -0.3 is 18.7 Å². The molecule has 3 rings (SSSR count). The molecule has 7 nitrogen and oxygen atoms in total. The molecule has 0 saturated heterocycles. The van der Waals surface area contributed by atoms with Gasteiger partial charge in [-0.25, -0.2) is 14.4 Å². The zero-order valence-electron chi connectivity index (χ0n) is 25.5. The Balaban J connectivity index is 1.69. The van der Waals surface area contributed by atoms with Gasteiger partial charge in [0.2, 0.25) is 0 Å². The zero-order valence-corrected chi connectivity index (χ0v) is 25.5. The van der Waals surface area contributed by atoms with E-state index >= 15 is 0 Å². The van der Waals surface area contributed by atoms with Gasteiger partial charge in [-0.3, -0.25) is 0 Å². The Morgan fingerprint density at radius 3 is 1.09 bits per heavy atom. The maximum absolute atomic E-state index is 12.8. The Morgan fingerprint density at radius 2 is 0.841 bits per heavy atom. The summed E-state index contributed by atoms with van der Waals surface area (Å²) in [6, 6.07) is 21.1. The number of rotatable bonds is 18. The highest BCUT2D eigenvalue weighted by Gasteiger charge is 2.29. The van der Waals surface area contributed by atoms with Crippen molar-refractivity contribution in [2.75, 3.05) is 46.0 Å². The quantitative estimate of drug-likeness (QED) is 0.0885. The van der Waals surface area contributed by atoms with E-state index in [0.29, 0.717) is 40.8 Å². The third-order valence-electron chi connectivity index (χ3n) is 7.53. The molecule has 0 atom stereocenters. The van der Waals surface area contributed by atoms with E-state index in [-0.39, 0.29) is 19.8 Å². The first-order valence-corrected chi connectivity index (χ1v) is 14.9. The van der Waals surface area contributed by atoms with Crippen molar-refractivity contribution < 1.29 is 33.1 Å². The molecule has 0 aliphatic heterocycles. The Hall–Kier alpha value is -4.75. The molecule has 0 N–H and O–H groups in total. The number of hydrogen-bond acceptors (Lipinski definition) is 6. The van der Waals surface area contributed by atoms with Crippen molar-refractivity contribution >= 4 is 36.1 Å². The van der Waals surface area contributed by atoms with Gasteiger partial charge in [-0.2, -0.15) is 0 Å². The van der Waals surface area contributed by atoms with Crippen LogP contribution in [-0.4, -0.2) is 68.4 Å². The smallest absolute Gasteiger partial charge is 0.338 e. The topological polar surface area (TPSA) is 78.9 Å². The van der Waals surface area contributed by atoms with Crippen LogP contribution in [0.4, 0.5) is 0 Å². The number of benzene rings is 3. The maximum atomic E-state index is 12.8. The fraction of sp³-hybridized carbons (Fsp3) is 0.270. The van der Waals surface area contributed by atoms with Crippen molar-refractivity contribution in [2.45, 2.75) is 19.8 Å². The minimum atomic E-state index is -0.419. The Bertz CT molecular complexity index is 1240. The third-order valence-corrected chi connectivity index (χ3v) is 7.53. The standard InChI is InChI=1S/C37H42NO6/c1-5-9-22-38(23-26-42-35(39)32-16-10-29(6-2)11-17-32,24-27-43-36(40)33-18-12-30(7-3)13-19-33)25-28-44-37(41)34-20-14-31(8-4)15-21-34/h6-8,10-21H,2-5,9,22-28H2,1H3/q+1. The van der Waals surface area contributed by atoms with Crippen LogP contribution >= 0.6 is 0 Å². The summed E-state index contributed by atoms with van der Waals surface area (Å²) in [5.74, 6) is -1.26. The average Bonchev–Trinajstić information content (AvgIpc) is 3.07. The molecule has 3 aromatic rings. The van der Waals surface area contributed by atoms with Gasteiger partial charge in [0, 0.05) is 0 Å². The fourth-order valence-corrected chi connectivity index (χ4v) is 4.68. The lowest BCUT2D eigenvalue weighted by atomic mass is 10.1. The molecule has 0 spiro atoms. The predicted octanol–water partition coefficient (Wildman–Crippen LogP) is 7.10. The monoisotopic (exact) mass is 596 g/mol. The molecule has 0 aromatic heterocycles. The first-order chi connectivity index (χ1) is 21.3. The van der Waals surface area contributed by atoms with Crippen molar-refractivity contribution in [3.8, 4) is 0 Å². The molecule has 3 aromatic carbocycles. The van der Waals surface area contributed by atoms with Gasteiger partial charge in [0.1, 0.15) is 39.5 Å². The van der Waals surface area contributed by atoms with Crippen LogP contribution in [-0.2, 0) is 14.2 Å². The number of quaternary nitrogens is 1. The summed E-state index contributed by atoms with van der Waals surface area (Å²) < 4.78 is 17.4. The first kappa shape index (κ1) is 33.7. The van der Waals surface area contributed by atoms with Gasteiger partial charge in [0.15, 0.2) is 0 Å². The second kappa shape index (κ2) is 17.4. The second-order valence-corrected chi connectivity index (χ2v) is 10.5. The molecule has 0 amide bonds. The van der Waals surface area contributed by atoms with Crippen LogP contribution in [0.5, 0.6) is 0 Å². The van der Waals surface area contributed by atoms with Crippen molar-refractivity contribution in [2.24, 2.45) is 0 Å². The number of ether oxygens (including phenoxy) is 3. The van der Waals surface area contributed by atoms with Gasteiger partial charge in [0.25, 0.3) is 0 Å². The largest absolute Gasteiger partial charge is 0.456 e. The Kier molecular flexibility index (Phi) is 13.3. The van der Waals surface area contributed by atoms with Crippen LogP contribution in [0.25, 0.3) is 18.2 Å². The minimum Gasteiger partial charge on any atom is -0.456 e. The number of esters is 3. The summed E-state index contributed by atoms with van der Waals surface area (Å²) in [6.45, 7) is 15.9. The molecular weight excluding hydrogens is 554 g/mol. The molecule has 7 heteroatoms. The van der Waals surface area contributed by atoms with Crippen LogP contribution in [0.15, 0.2) is 92.5 Å². The van der Waals surface area contributed by atoms with Crippen molar-refractivity contribution in [1.29, 1.82) is 0 Å². The van der Waals surface area contributed by atoms with Crippen LogP contribution in [0.1, 0.15) is 67.5 Å². The van der Waals surface area contributed by atoms with E-state index in [1.807, 2.05) is 36.4 Å². The Morgan fingerprint density at radius 1 is 0.545 bits per heavy atom. The molecule has 0 fully saturated rings. The summed E-state index contributed by atoms with van der Waals surface area (Å²) in [5.41, 5.74) is 4.10. The van der Waals surface area contributed by atoms with E-state index in [0.717, 1.165) is 36.1 Å². The average molecular weight is 597 g/mol. The predicted molar refractivity (Wildman–Crippen MR) is 175 cm³/mol. The highest BCUT2D eigenvalue weighted by Crippen LogP contribution is 2.14. The molecule has 0 aliphatic carbocycles. The molecule has 0 aliphatic rings. The summed E-state index contributed by atoms with van der Waals surface area (Å²) in [7, 11) is 0. The molecule has 0 bridgehead atoms. The number of unbranched alkanes of at least 4 members (excludes halogenated alkanes) is 1. The SMILES string of the molecule is C=Cc1ccc(C(=O)OCC[N+](CCCC)(CCOC(=O)c2ccc(C=C)cc2)CCOC(=O)c2ccc(C=C)cc2)cc1. The summed E-state index contributed by atoms with van der Waals surface area (Å²) in [6.07, 6.45) is 6.97. The van der Waals surface area contributed by atoms with E-state index < -0.39 is 17.9 Å². The molecule has 0 heterocycles. The van der Waals surface area contributed by atoms with Gasteiger partial charge in [-0.1, -0.05) is 87.7 Å². The number of carbonyl (C=O) groups is 3. The zero-order chi connectivity index (χ0) is 31.8. The molecule has 0 radical (unpaired) electrons. The maximum Gasteiger partial charge on any atom is 0.338 e. The highest BCUT2D eigenvalue weighted by molar-refractivity contribution is 5.90. The lowest BCUT2D eigenvalue weighted by molar-refractivity contribution is -0.928. The fourth-order valence-electron chi connectivity index (χ4n) is 4.68. The number of hydrogen-bond donors (Lipinski definition) is 0. The second-order valence-electron chi connectivity index (χ2n) is 10.5. The summed E-state index contributed by atoms with van der Waals surface area (Å²) >= 11 is 0. The van der Waals surface area contributed by atoms with Gasteiger partial charge in [-0.05, 0) is 59.5 Å². The molecule has 230 valence electrons. The van der Waals surface area contributed by atoms with E-state index in [2.05, 4.69) is 26.7 Å². The normalized spacial score (nSPS) is 10.8. The summed E-state index contributed by atoms with van der Waals surface area (Å²) in [4.78, 5) is 38.3. The van der Waals surface area contributed by atoms with E-state index in [4.69, 9.17) is 14.2 Å². The lowest BCUT2D eigenvalue weighted by Gasteiger charge is -2.38. The van der Waals surface area contributed by atoms with Crippen molar-refractivity contribution in [3.05, 3.63) is 126 Å². The van der Waals surface area contributed by atoms with Crippen LogP contribution < -0.4 is 0 Å².